The Bertz CT molecular complexity index is 1280. The lowest BCUT2D eigenvalue weighted by Crippen LogP contribution is -2.64. The molecule has 1 aliphatic carbocycles. The van der Waals surface area contributed by atoms with Crippen LogP contribution < -0.4 is 16.5 Å². The van der Waals surface area contributed by atoms with Crippen molar-refractivity contribution in [2.24, 2.45) is 0 Å². The SMILES string of the molecule is CCCc1ccc(-n2nc(CCCNN3CC=C4C(=O)C=CC5=CC=C(F)N[C@@]543)oc2=O)cc1. The number of hydrogen-bond acceptors (Lipinski definition) is 7. The van der Waals surface area contributed by atoms with Gasteiger partial charge in [-0.25, -0.2) is 9.80 Å². The normalized spacial score (nSPS) is 21.5. The van der Waals surface area contributed by atoms with Crippen molar-refractivity contribution in [1.82, 2.24) is 25.5 Å². The summed E-state index contributed by atoms with van der Waals surface area (Å²) < 4.78 is 20.8. The van der Waals surface area contributed by atoms with Crippen molar-refractivity contribution in [2.45, 2.75) is 38.3 Å². The van der Waals surface area contributed by atoms with Crippen molar-refractivity contribution in [2.75, 3.05) is 13.1 Å². The summed E-state index contributed by atoms with van der Waals surface area (Å²) in [5, 5.41) is 9.00. The van der Waals surface area contributed by atoms with Crippen LogP contribution in [0.3, 0.4) is 0 Å². The molecule has 5 rings (SSSR count). The lowest BCUT2D eigenvalue weighted by Gasteiger charge is -2.44. The Kier molecular flexibility index (Phi) is 5.89. The molecular formula is C25H26FN5O3. The van der Waals surface area contributed by atoms with Gasteiger partial charge in [0, 0.05) is 25.1 Å². The molecule has 1 atom stereocenters. The first kappa shape index (κ1) is 22.2. The van der Waals surface area contributed by atoms with Crippen LogP contribution in [0.1, 0.15) is 31.2 Å². The summed E-state index contributed by atoms with van der Waals surface area (Å²) in [6, 6.07) is 7.72. The van der Waals surface area contributed by atoms with E-state index in [1.54, 1.807) is 12.2 Å². The quantitative estimate of drug-likeness (QED) is 0.459. The Morgan fingerprint density at radius 2 is 2.00 bits per heavy atom. The molecule has 1 aromatic heterocycles. The summed E-state index contributed by atoms with van der Waals surface area (Å²) in [7, 11) is 0. The topological polar surface area (TPSA) is 92.4 Å². The Balaban J connectivity index is 1.22. The van der Waals surface area contributed by atoms with Gasteiger partial charge in [-0.05, 0) is 48.3 Å². The summed E-state index contributed by atoms with van der Waals surface area (Å²) in [6.07, 6.45) is 11.2. The van der Waals surface area contributed by atoms with Crippen LogP contribution in [0.2, 0.25) is 0 Å². The second-order valence-corrected chi connectivity index (χ2v) is 8.50. The van der Waals surface area contributed by atoms with E-state index in [0.717, 1.165) is 18.4 Å². The molecule has 8 nitrogen and oxygen atoms in total. The molecular weight excluding hydrogens is 437 g/mol. The zero-order valence-electron chi connectivity index (χ0n) is 18.9. The number of dihydropyridines is 1. The van der Waals surface area contributed by atoms with Crippen LogP contribution >= 0.6 is 0 Å². The number of hydrogen-bond donors (Lipinski definition) is 2. The van der Waals surface area contributed by atoms with E-state index in [9.17, 15) is 14.0 Å². The molecule has 0 saturated heterocycles. The Morgan fingerprint density at radius 3 is 2.79 bits per heavy atom. The van der Waals surface area contributed by atoms with Crippen LogP contribution in [0.5, 0.6) is 0 Å². The van der Waals surface area contributed by atoms with Crippen LogP contribution in [-0.4, -0.2) is 39.3 Å². The highest BCUT2D eigenvalue weighted by Gasteiger charge is 2.51. The van der Waals surface area contributed by atoms with Crippen molar-refractivity contribution in [3.8, 4) is 5.69 Å². The standard InChI is InChI=1S/C25H26FN5O3/c1-2-4-17-6-10-19(11-7-17)31-24(33)34-23(29-31)5-3-15-27-30-16-14-20-21(32)12-8-18-9-13-22(26)28-25(18,20)30/h6-14,27-28H,2-5,15-16H2,1H3/t25-/m1/s1. The number of ketones is 1. The van der Waals surface area contributed by atoms with E-state index in [1.165, 1.54) is 22.4 Å². The van der Waals surface area contributed by atoms with Crippen LogP contribution in [0.25, 0.3) is 5.69 Å². The molecule has 0 saturated carbocycles. The van der Waals surface area contributed by atoms with Gasteiger partial charge in [-0.2, -0.15) is 9.07 Å². The molecule has 1 spiro atoms. The maximum Gasteiger partial charge on any atom is 0.441 e. The minimum absolute atomic E-state index is 0.140. The second-order valence-electron chi connectivity index (χ2n) is 8.50. The van der Waals surface area contributed by atoms with Gasteiger partial charge >= 0.3 is 5.76 Å². The second kappa shape index (κ2) is 9.00. The first-order valence-electron chi connectivity index (χ1n) is 11.5. The third kappa shape index (κ3) is 3.86. The van der Waals surface area contributed by atoms with Crippen LogP contribution in [0.15, 0.2) is 81.0 Å². The van der Waals surface area contributed by atoms with E-state index in [-0.39, 0.29) is 5.78 Å². The third-order valence-electron chi connectivity index (χ3n) is 6.26. The molecule has 0 amide bonds. The van der Waals surface area contributed by atoms with Gasteiger partial charge in [0.1, 0.15) is 0 Å². The Hall–Kier alpha value is -3.56. The fraction of sp³-hybridized carbons (Fsp3) is 0.320. The van der Waals surface area contributed by atoms with Crippen molar-refractivity contribution in [1.29, 1.82) is 0 Å². The summed E-state index contributed by atoms with van der Waals surface area (Å²) >= 11 is 0. The number of benzene rings is 1. The number of aryl methyl sites for hydroxylation is 2. The average Bonchev–Trinajstić information content (AvgIpc) is 3.38. The molecule has 1 aromatic carbocycles. The molecule has 3 aliphatic rings. The van der Waals surface area contributed by atoms with Crippen LogP contribution in [0.4, 0.5) is 4.39 Å². The van der Waals surface area contributed by atoms with Crippen LogP contribution in [0, 0.1) is 0 Å². The fourth-order valence-electron chi connectivity index (χ4n) is 4.65. The monoisotopic (exact) mass is 463 g/mol. The Morgan fingerprint density at radius 1 is 1.18 bits per heavy atom. The van der Waals surface area contributed by atoms with Crippen molar-refractivity contribution in [3.63, 3.8) is 0 Å². The zero-order valence-corrected chi connectivity index (χ0v) is 18.9. The van der Waals surface area contributed by atoms with Gasteiger partial charge in [0.15, 0.2) is 17.4 Å². The summed E-state index contributed by atoms with van der Waals surface area (Å²) in [6.45, 7) is 3.08. The fourth-order valence-corrected chi connectivity index (χ4v) is 4.65. The number of halogens is 1. The molecule has 2 N–H and O–H groups in total. The van der Waals surface area contributed by atoms with Gasteiger partial charge in [-0.3, -0.25) is 10.2 Å². The van der Waals surface area contributed by atoms with E-state index in [2.05, 4.69) is 22.8 Å². The maximum atomic E-state index is 14.2. The summed E-state index contributed by atoms with van der Waals surface area (Å²) in [5.41, 5.74) is 5.42. The first-order chi connectivity index (χ1) is 16.5. The highest BCUT2D eigenvalue weighted by molar-refractivity contribution is 6.09. The maximum absolute atomic E-state index is 14.2. The van der Waals surface area contributed by atoms with E-state index in [1.807, 2.05) is 35.4 Å². The molecule has 0 bridgehead atoms. The minimum atomic E-state index is -1.05. The Labute approximate surface area is 196 Å². The molecule has 2 aliphatic heterocycles. The van der Waals surface area contributed by atoms with Crippen LogP contribution in [-0.2, 0) is 17.6 Å². The largest absolute Gasteiger partial charge is 0.441 e. The zero-order chi connectivity index (χ0) is 23.7. The molecule has 0 radical (unpaired) electrons. The molecule has 9 heteroatoms. The van der Waals surface area contributed by atoms with Gasteiger partial charge in [0.2, 0.25) is 5.89 Å². The van der Waals surface area contributed by atoms with Gasteiger partial charge in [0.05, 0.1) is 5.69 Å². The number of rotatable bonds is 8. The van der Waals surface area contributed by atoms with Crippen molar-refractivity contribution < 1.29 is 13.6 Å². The predicted octanol–water partition coefficient (Wildman–Crippen LogP) is 2.63. The number of nitrogens with zero attached hydrogens (tertiary/aromatic N) is 3. The smallest absolute Gasteiger partial charge is 0.392 e. The number of carbonyl (C=O) groups excluding carboxylic acids is 1. The van der Waals surface area contributed by atoms with E-state index in [0.29, 0.717) is 43.1 Å². The number of nitrogens with one attached hydrogen (secondary N) is 2. The molecule has 34 heavy (non-hydrogen) atoms. The minimum Gasteiger partial charge on any atom is -0.392 e. The van der Waals surface area contributed by atoms with Gasteiger partial charge in [0.25, 0.3) is 0 Å². The lowest BCUT2D eigenvalue weighted by atomic mass is 9.83. The van der Waals surface area contributed by atoms with Crippen molar-refractivity contribution >= 4 is 5.78 Å². The molecule has 176 valence electrons. The van der Waals surface area contributed by atoms with E-state index < -0.39 is 17.4 Å². The molecule has 0 unspecified atom stereocenters. The van der Waals surface area contributed by atoms with E-state index >= 15 is 0 Å². The summed E-state index contributed by atoms with van der Waals surface area (Å²) in [5.74, 6) is -0.807. The van der Waals surface area contributed by atoms with Gasteiger partial charge in [-0.15, -0.1) is 5.10 Å². The number of allylic oxidation sites excluding steroid dienone is 3. The first-order valence-corrected chi connectivity index (χ1v) is 11.5. The number of aromatic nitrogens is 2. The van der Waals surface area contributed by atoms with Gasteiger partial charge in [-0.1, -0.05) is 43.7 Å². The lowest BCUT2D eigenvalue weighted by molar-refractivity contribution is -0.112. The molecule has 2 aromatic rings. The third-order valence-corrected chi connectivity index (χ3v) is 6.26. The average molecular weight is 464 g/mol. The number of carbonyl (C=O) groups is 1. The van der Waals surface area contributed by atoms with Gasteiger partial charge < -0.3 is 9.73 Å². The van der Waals surface area contributed by atoms with Crippen molar-refractivity contribution in [3.05, 3.63) is 93.7 Å². The predicted molar refractivity (Wildman–Crippen MR) is 124 cm³/mol. The molecule has 0 fully saturated rings. The highest BCUT2D eigenvalue weighted by atomic mass is 19.1. The number of hydrazine groups is 1. The summed E-state index contributed by atoms with van der Waals surface area (Å²) in [4.78, 5) is 24.7. The highest BCUT2D eigenvalue weighted by Crippen LogP contribution is 2.40. The molecule has 3 heterocycles. The van der Waals surface area contributed by atoms with E-state index in [4.69, 9.17) is 4.42 Å².